The minimum atomic E-state index is -0.629. The fourth-order valence-corrected chi connectivity index (χ4v) is 2.13. The van der Waals surface area contributed by atoms with Crippen LogP contribution >= 0.6 is 0 Å². The van der Waals surface area contributed by atoms with E-state index in [9.17, 15) is 9.90 Å². The molecular weight excluding hydrogens is 216 g/mol. The SMILES string of the molecule is CC(C)C(=O)OC[C@@H](O)[C@@]1(C)CC=CC1(C)C. The molecule has 0 spiro atoms. The zero-order valence-corrected chi connectivity index (χ0v) is 11.5. The van der Waals surface area contributed by atoms with Crippen molar-refractivity contribution in [2.75, 3.05) is 6.61 Å². The van der Waals surface area contributed by atoms with Gasteiger partial charge >= 0.3 is 5.97 Å². The Morgan fingerprint density at radius 2 is 2.00 bits per heavy atom. The van der Waals surface area contributed by atoms with Gasteiger partial charge in [0.2, 0.25) is 0 Å². The molecule has 0 heterocycles. The molecule has 17 heavy (non-hydrogen) atoms. The van der Waals surface area contributed by atoms with E-state index in [-0.39, 0.29) is 29.3 Å². The van der Waals surface area contributed by atoms with Crippen LogP contribution in [0.15, 0.2) is 12.2 Å². The van der Waals surface area contributed by atoms with Gasteiger partial charge < -0.3 is 9.84 Å². The summed E-state index contributed by atoms with van der Waals surface area (Å²) in [6.07, 6.45) is 4.41. The Morgan fingerprint density at radius 1 is 1.41 bits per heavy atom. The highest BCUT2D eigenvalue weighted by Crippen LogP contribution is 2.50. The molecule has 1 aliphatic rings. The van der Waals surface area contributed by atoms with Crippen molar-refractivity contribution in [1.29, 1.82) is 0 Å². The van der Waals surface area contributed by atoms with E-state index in [1.54, 1.807) is 13.8 Å². The molecule has 3 heteroatoms. The first-order valence-corrected chi connectivity index (χ1v) is 6.23. The Bertz CT molecular complexity index is 317. The number of aliphatic hydroxyl groups excluding tert-OH is 1. The molecular formula is C14H24O3. The lowest BCUT2D eigenvalue weighted by Gasteiger charge is -2.41. The third-order valence-corrected chi connectivity index (χ3v) is 4.14. The van der Waals surface area contributed by atoms with Crippen LogP contribution in [0.4, 0.5) is 0 Å². The van der Waals surface area contributed by atoms with Crippen molar-refractivity contribution >= 4 is 5.97 Å². The monoisotopic (exact) mass is 240 g/mol. The lowest BCUT2D eigenvalue weighted by molar-refractivity contribution is -0.155. The molecule has 0 aromatic rings. The smallest absolute Gasteiger partial charge is 0.308 e. The summed E-state index contributed by atoms with van der Waals surface area (Å²) in [5.41, 5.74) is -0.332. The lowest BCUT2D eigenvalue weighted by atomic mass is 9.65. The summed E-state index contributed by atoms with van der Waals surface area (Å²) in [5, 5.41) is 10.3. The van der Waals surface area contributed by atoms with Crippen molar-refractivity contribution in [3.05, 3.63) is 12.2 Å². The molecule has 0 saturated heterocycles. The van der Waals surface area contributed by atoms with Crippen molar-refractivity contribution in [3.63, 3.8) is 0 Å². The van der Waals surface area contributed by atoms with Gasteiger partial charge in [-0.05, 0) is 11.8 Å². The minimum Gasteiger partial charge on any atom is -0.463 e. The predicted molar refractivity (Wildman–Crippen MR) is 67.4 cm³/mol. The van der Waals surface area contributed by atoms with Gasteiger partial charge in [0, 0.05) is 5.41 Å². The maximum Gasteiger partial charge on any atom is 0.308 e. The maximum atomic E-state index is 11.4. The van der Waals surface area contributed by atoms with Gasteiger partial charge in [0.15, 0.2) is 0 Å². The molecule has 0 bridgehead atoms. The van der Waals surface area contributed by atoms with Crippen LogP contribution in [0.2, 0.25) is 0 Å². The van der Waals surface area contributed by atoms with Crippen LogP contribution < -0.4 is 0 Å². The van der Waals surface area contributed by atoms with Gasteiger partial charge in [-0.2, -0.15) is 0 Å². The molecule has 0 radical (unpaired) electrons. The van der Waals surface area contributed by atoms with Crippen LogP contribution in [0.3, 0.4) is 0 Å². The number of carbonyl (C=O) groups is 1. The summed E-state index contributed by atoms with van der Waals surface area (Å²) in [7, 11) is 0. The van der Waals surface area contributed by atoms with Crippen molar-refractivity contribution < 1.29 is 14.6 Å². The van der Waals surface area contributed by atoms with Gasteiger partial charge in [-0.3, -0.25) is 4.79 Å². The molecule has 3 nitrogen and oxygen atoms in total. The van der Waals surface area contributed by atoms with E-state index in [1.165, 1.54) is 0 Å². The second-order valence-corrected chi connectivity index (χ2v) is 6.05. The average molecular weight is 240 g/mol. The van der Waals surface area contributed by atoms with E-state index < -0.39 is 6.10 Å². The number of esters is 1. The molecule has 0 fully saturated rings. The topological polar surface area (TPSA) is 46.5 Å². The van der Waals surface area contributed by atoms with Gasteiger partial charge in [0.1, 0.15) is 6.61 Å². The minimum absolute atomic E-state index is 0.0728. The van der Waals surface area contributed by atoms with Gasteiger partial charge in [-0.25, -0.2) is 0 Å². The van der Waals surface area contributed by atoms with Crippen molar-refractivity contribution in [1.82, 2.24) is 0 Å². The fraction of sp³-hybridized carbons (Fsp3) is 0.786. The Kier molecular flexibility index (Phi) is 4.03. The van der Waals surface area contributed by atoms with Crippen molar-refractivity contribution in [3.8, 4) is 0 Å². The predicted octanol–water partition coefficient (Wildman–Crippen LogP) is 2.54. The van der Waals surface area contributed by atoms with E-state index in [0.29, 0.717) is 0 Å². The van der Waals surface area contributed by atoms with E-state index in [1.807, 2.05) is 6.92 Å². The van der Waals surface area contributed by atoms with Gasteiger partial charge in [-0.1, -0.05) is 46.8 Å². The molecule has 0 unspecified atom stereocenters. The van der Waals surface area contributed by atoms with Crippen LogP contribution in [-0.4, -0.2) is 23.8 Å². The molecule has 0 aromatic heterocycles. The highest BCUT2D eigenvalue weighted by molar-refractivity contribution is 5.71. The molecule has 1 aliphatic carbocycles. The number of hydrogen-bond acceptors (Lipinski definition) is 3. The molecule has 2 atom stereocenters. The normalized spacial score (nSPS) is 28.4. The Balaban J connectivity index is 2.59. The average Bonchev–Trinajstić information content (AvgIpc) is 2.50. The number of ether oxygens (including phenoxy) is 1. The first-order chi connectivity index (χ1) is 7.71. The second-order valence-electron chi connectivity index (χ2n) is 6.05. The summed E-state index contributed by atoms with van der Waals surface area (Å²) in [6.45, 7) is 9.91. The molecule has 1 N–H and O–H groups in total. The molecule has 0 aromatic carbocycles. The van der Waals surface area contributed by atoms with Crippen LogP contribution in [-0.2, 0) is 9.53 Å². The molecule has 0 saturated carbocycles. The summed E-state index contributed by atoms with van der Waals surface area (Å²) < 4.78 is 5.12. The first kappa shape index (κ1) is 14.2. The van der Waals surface area contributed by atoms with Gasteiger partial charge in [-0.15, -0.1) is 0 Å². The second kappa shape index (κ2) is 4.81. The molecule has 1 rings (SSSR count). The van der Waals surface area contributed by atoms with Gasteiger partial charge in [0.25, 0.3) is 0 Å². The Morgan fingerprint density at radius 3 is 2.41 bits per heavy atom. The molecule has 98 valence electrons. The highest BCUT2D eigenvalue weighted by Gasteiger charge is 2.47. The van der Waals surface area contributed by atoms with E-state index >= 15 is 0 Å². The first-order valence-electron chi connectivity index (χ1n) is 6.23. The Labute approximate surface area is 104 Å². The highest BCUT2D eigenvalue weighted by atomic mass is 16.5. The standard InChI is InChI=1S/C14H24O3/c1-10(2)12(16)17-9-11(15)14(5)8-6-7-13(14,3)4/h6-7,10-11,15H,8-9H2,1-5H3/t11-,14-/m1/s1. The summed E-state index contributed by atoms with van der Waals surface area (Å²) in [4.78, 5) is 11.4. The zero-order valence-electron chi connectivity index (χ0n) is 11.5. The zero-order chi connectivity index (χ0) is 13.3. The number of rotatable bonds is 4. The quantitative estimate of drug-likeness (QED) is 0.607. The third kappa shape index (κ3) is 2.71. The third-order valence-electron chi connectivity index (χ3n) is 4.14. The number of carbonyl (C=O) groups excluding carboxylic acids is 1. The van der Waals surface area contributed by atoms with E-state index in [4.69, 9.17) is 4.74 Å². The molecule has 0 aliphatic heterocycles. The van der Waals surface area contributed by atoms with Crippen LogP contribution in [0.25, 0.3) is 0 Å². The maximum absolute atomic E-state index is 11.4. The van der Waals surface area contributed by atoms with Crippen molar-refractivity contribution in [2.24, 2.45) is 16.7 Å². The summed E-state index contributed by atoms with van der Waals surface area (Å²) in [5.74, 6) is -0.402. The summed E-state index contributed by atoms with van der Waals surface area (Å²) >= 11 is 0. The van der Waals surface area contributed by atoms with E-state index in [2.05, 4.69) is 26.0 Å². The lowest BCUT2D eigenvalue weighted by Crippen LogP contribution is -2.44. The number of hydrogen-bond donors (Lipinski definition) is 1. The van der Waals surface area contributed by atoms with Crippen LogP contribution in [0.1, 0.15) is 41.0 Å². The van der Waals surface area contributed by atoms with Crippen molar-refractivity contribution in [2.45, 2.75) is 47.1 Å². The van der Waals surface area contributed by atoms with Crippen LogP contribution in [0, 0.1) is 16.7 Å². The molecule has 0 amide bonds. The number of allylic oxidation sites excluding steroid dienone is 2. The largest absolute Gasteiger partial charge is 0.463 e. The van der Waals surface area contributed by atoms with Crippen LogP contribution in [0.5, 0.6) is 0 Å². The fourth-order valence-electron chi connectivity index (χ4n) is 2.13. The Hall–Kier alpha value is -0.830. The van der Waals surface area contributed by atoms with E-state index in [0.717, 1.165) is 6.42 Å². The van der Waals surface area contributed by atoms with Gasteiger partial charge in [0.05, 0.1) is 12.0 Å². The summed E-state index contributed by atoms with van der Waals surface area (Å²) in [6, 6.07) is 0. The number of aliphatic hydroxyl groups is 1.